The molecule has 0 spiro atoms. The van der Waals surface area contributed by atoms with Crippen molar-refractivity contribution in [2.24, 2.45) is 0 Å². The van der Waals surface area contributed by atoms with Gasteiger partial charge in [-0.15, -0.1) is 0 Å². The highest BCUT2D eigenvalue weighted by molar-refractivity contribution is 9.09. The van der Waals surface area contributed by atoms with Gasteiger partial charge in [-0.1, -0.05) is 40.2 Å². The molecule has 1 heterocycles. The molecule has 0 bridgehead atoms. The van der Waals surface area contributed by atoms with Crippen molar-refractivity contribution in [2.45, 2.75) is 50.6 Å². The van der Waals surface area contributed by atoms with E-state index in [1.807, 2.05) is 0 Å². The largest absolute Gasteiger partial charge is 0.494 e. The fourth-order valence-corrected chi connectivity index (χ4v) is 2.20. The highest BCUT2D eigenvalue weighted by Crippen LogP contribution is 2.36. The molecule has 1 aromatic carbocycles. The number of alkyl halides is 1. The zero-order valence-corrected chi connectivity index (χ0v) is 13.2. The molecular weight excluding hydrogens is 291 g/mol. The Balaban J connectivity index is 2.19. The van der Waals surface area contributed by atoms with E-state index >= 15 is 0 Å². The molecule has 0 aliphatic carbocycles. The van der Waals surface area contributed by atoms with Crippen molar-refractivity contribution in [3.8, 4) is 0 Å². The number of hydrogen-bond acceptors (Lipinski definition) is 2. The summed E-state index contributed by atoms with van der Waals surface area (Å²) in [6.45, 7) is 10.4. The van der Waals surface area contributed by atoms with Crippen molar-refractivity contribution in [2.75, 3.05) is 0 Å². The van der Waals surface area contributed by atoms with Gasteiger partial charge in [-0.3, -0.25) is 0 Å². The van der Waals surface area contributed by atoms with Crippen molar-refractivity contribution >= 4 is 28.5 Å². The standard InChI is InChI=1S/C14H20BBrO2/c1-10(16)11-6-8-12(9-7-11)15-17-13(2,3)14(4,5)18-15/h6-10H,1-5H3. The lowest BCUT2D eigenvalue weighted by atomic mass is 9.79. The third-order valence-electron chi connectivity index (χ3n) is 3.92. The predicted octanol–water partition coefficient (Wildman–Crippen LogP) is 3.44. The summed E-state index contributed by atoms with van der Waals surface area (Å²) in [5.41, 5.74) is 1.78. The van der Waals surface area contributed by atoms with Crippen LogP contribution in [-0.2, 0) is 9.31 Å². The van der Waals surface area contributed by atoms with Gasteiger partial charge in [0.15, 0.2) is 0 Å². The SMILES string of the molecule is CC(Br)c1ccc(B2OC(C)(C)C(C)(C)O2)cc1. The molecule has 0 saturated carbocycles. The van der Waals surface area contributed by atoms with E-state index in [1.165, 1.54) is 5.56 Å². The topological polar surface area (TPSA) is 18.5 Å². The molecule has 1 fully saturated rings. The molecule has 1 saturated heterocycles. The lowest BCUT2D eigenvalue weighted by molar-refractivity contribution is 0.00578. The number of halogens is 1. The summed E-state index contributed by atoms with van der Waals surface area (Å²) >= 11 is 3.56. The van der Waals surface area contributed by atoms with Gasteiger partial charge in [-0.2, -0.15) is 0 Å². The molecule has 4 heteroatoms. The van der Waals surface area contributed by atoms with Crippen LogP contribution in [0.25, 0.3) is 0 Å². The van der Waals surface area contributed by atoms with Crippen molar-refractivity contribution in [1.29, 1.82) is 0 Å². The van der Waals surface area contributed by atoms with Crippen molar-refractivity contribution in [1.82, 2.24) is 0 Å². The average Bonchev–Trinajstić information content (AvgIpc) is 2.48. The fourth-order valence-electron chi connectivity index (χ4n) is 1.90. The second kappa shape index (κ2) is 4.66. The molecule has 0 aromatic heterocycles. The Morgan fingerprint density at radius 3 is 1.83 bits per heavy atom. The van der Waals surface area contributed by atoms with E-state index in [4.69, 9.17) is 9.31 Å². The first-order valence-electron chi connectivity index (χ1n) is 6.32. The molecule has 1 atom stereocenters. The molecule has 1 unspecified atom stereocenters. The first-order chi connectivity index (χ1) is 8.23. The van der Waals surface area contributed by atoms with E-state index in [1.54, 1.807) is 0 Å². The van der Waals surface area contributed by atoms with Crippen LogP contribution >= 0.6 is 15.9 Å². The predicted molar refractivity (Wildman–Crippen MR) is 79.5 cm³/mol. The van der Waals surface area contributed by atoms with E-state index in [0.717, 1.165) is 5.46 Å². The molecule has 1 aliphatic heterocycles. The van der Waals surface area contributed by atoms with E-state index in [0.29, 0.717) is 4.83 Å². The molecule has 2 nitrogen and oxygen atoms in total. The van der Waals surface area contributed by atoms with Gasteiger partial charge in [0.05, 0.1) is 11.2 Å². The minimum Gasteiger partial charge on any atom is -0.399 e. The Morgan fingerprint density at radius 2 is 1.44 bits per heavy atom. The normalized spacial score (nSPS) is 23.1. The van der Waals surface area contributed by atoms with Crippen LogP contribution in [0.15, 0.2) is 24.3 Å². The zero-order valence-electron chi connectivity index (χ0n) is 11.7. The quantitative estimate of drug-likeness (QED) is 0.615. The lowest BCUT2D eigenvalue weighted by Gasteiger charge is -2.32. The number of benzene rings is 1. The third kappa shape index (κ3) is 2.51. The molecule has 98 valence electrons. The van der Waals surface area contributed by atoms with Crippen LogP contribution < -0.4 is 5.46 Å². The van der Waals surface area contributed by atoms with Crippen molar-refractivity contribution < 1.29 is 9.31 Å². The van der Waals surface area contributed by atoms with E-state index < -0.39 is 0 Å². The van der Waals surface area contributed by atoms with Crippen LogP contribution in [-0.4, -0.2) is 18.3 Å². The Bertz CT molecular complexity index is 410. The van der Waals surface area contributed by atoms with Crippen LogP contribution in [0, 0.1) is 0 Å². The van der Waals surface area contributed by atoms with Gasteiger partial charge in [0.2, 0.25) is 0 Å². The van der Waals surface area contributed by atoms with Crippen LogP contribution in [0.4, 0.5) is 0 Å². The van der Waals surface area contributed by atoms with Gasteiger partial charge in [0, 0.05) is 4.83 Å². The Morgan fingerprint density at radius 1 is 1.00 bits per heavy atom. The van der Waals surface area contributed by atoms with Crippen LogP contribution in [0.2, 0.25) is 0 Å². The van der Waals surface area contributed by atoms with Crippen molar-refractivity contribution in [3.05, 3.63) is 29.8 Å². The molecule has 0 N–H and O–H groups in total. The van der Waals surface area contributed by atoms with Crippen LogP contribution in [0.1, 0.15) is 45.0 Å². The second-order valence-corrected chi connectivity index (χ2v) is 7.24. The molecule has 1 aromatic rings. The van der Waals surface area contributed by atoms with Gasteiger partial charge < -0.3 is 9.31 Å². The molecule has 18 heavy (non-hydrogen) atoms. The van der Waals surface area contributed by atoms with Gasteiger partial charge in [0.25, 0.3) is 0 Å². The maximum Gasteiger partial charge on any atom is 0.494 e. The maximum absolute atomic E-state index is 6.02. The molecule has 1 aliphatic rings. The zero-order chi connectivity index (χ0) is 13.6. The highest BCUT2D eigenvalue weighted by atomic mass is 79.9. The summed E-state index contributed by atoms with van der Waals surface area (Å²) in [6.07, 6.45) is 0. The van der Waals surface area contributed by atoms with Crippen LogP contribution in [0.5, 0.6) is 0 Å². The molecule has 0 radical (unpaired) electrons. The number of hydrogen-bond donors (Lipinski definition) is 0. The number of rotatable bonds is 2. The van der Waals surface area contributed by atoms with Gasteiger partial charge in [-0.05, 0) is 45.6 Å². The lowest BCUT2D eigenvalue weighted by Crippen LogP contribution is -2.41. The van der Waals surface area contributed by atoms with Gasteiger partial charge in [-0.25, -0.2) is 0 Å². The summed E-state index contributed by atoms with van der Waals surface area (Å²) in [5, 5.41) is 0. The summed E-state index contributed by atoms with van der Waals surface area (Å²) in [4.78, 5) is 0.366. The second-order valence-electron chi connectivity index (χ2n) is 5.87. The monoisotopic (exact) mass is 310 g/mol. The molecule has 0 amide bonds. The van der Waals surface area contributed by atoms with Gasteiger partial charge >= 0.3 is 7.12 Å². The highest BCUT2D eigenvalue weighted by Gasteiger charge is 2.51. The molecular formula is C14H20BBrO2. The molecule has 2 rings (SSSR count). The Kier molecular flexibility index (Phi) is 3.65. The minimum absolute atomic E-state index is 0.269. The summed E-state index contributed by atoms with van der Waals surface area (Å²) < 4.78 is 12.0. The Hall–Kier alpha value is -0.315. The van der Waals surface area contributed by atoms with Gasteiger partial charge in [0.1, 0.15) is 0 Å². The first kappa shape index (κ1) is 14.1. The summed E-state index contributed by atoms with van der Waals surface area (Å²) in [6, 6.07) is 8.38. The van der Waals surface area contributed by atoms with E-state index in [-0.39, 0.29) is 18.3 Å². The summed E-state index contributed by atoms with van der Waals surface area (Å²) in [7, 11) is -0.269. The van der Waals surface area contributed by atoms with E-state index in [9.17, 15) is 0 Å². The maximum atomic E-state index is 6.02. The smallest absolute Gasteiger partial charge is 0.399 e. The third-order valence-corrected chi connectivity index (χ3v) is 4.45. The van der Waals surface area contributed by atoms with E-state index in [2.05, 4.69) is 74.8 Å². The first-order valence-corrected chi connectivity index (χ1v) is 7.24. The van der Waals surface area contributed by atoms with Crippen molar-refractivity contribution in [3.63, 3.8) is 0 Å². The fraction of sp³-hybridized carbons (Fsp3) is 0.571. The summed E-state index contributed by atoms with van der Waals surface area (Å²) in [5.74, 6) is 0. The average molecular weight is 311 g/mol. The minimum atomic E-state index is -0.279. The van der Waals surface area contributed by atoms with Crippen LogP contribution in [0.3, 0.4) is 0 Å². The Labute approximate surface area is 118 Å².